The van der Waals surface area contributed by atoms with Crippen LogP contribution in [0.4, 0.5) is 9.59 Å². The molecule has 0 aliphatic rings. The largest absolute Gasteiger partial charge is 0.465 e. The summed E-state index contributed by atoms with van der Waals surface area (Å²) in [6.45, 7) is 6.21. The third kappa shape index (κ3) is 11.6. The second kappa shape index (κ2) is 20.5. The summed E-state index contributed by atoms with van der Waals surface area (Å²) in [6, 6.07) is 20.9. The lowest BCUT2D eigenvalue weighted by Crippen LogP contribution is -2.55. The van der Waals surface area contributed by atoms with Crippen molar-refractivity contribution in [2.75, 3.05) is 26.4 Å². The van der Waals surface area contributed by atoms with E-state index in [-0.39, 0.29) is 26.1 Å². The van der Waals surface area contributed by atoms with Crippen LogP contribution in [0.1, 0.15) is 51.2 Å². The van der Waals surface area contributed by atoms with E-state index in [0.717, 1.165) is 32.8 Å². The number of fused-ring (bicyclic) bond motifs is 2. The van der Waals surface area contributed by atoms with Crippen molar-refractivity contribution in [3.63, 3.8) is 0 Å². The van der Waals surface area contributed by atoms with Crippen LogP contribution in [0.15, 0.2) is 79.0 Å². The molecule has 14 heteroatoms. The van der Waals surface area contributed by atoms with E-state index in [2.05, 4.69) is 26.4 Å². The molecule has 5 N–H and O–H groups in total. The molecule has 0 bridgehead atoms. The lowest BCUT2D eigenvalue weighted by Gasteiger charge is -2.36. The van der Waals surface area contributed by atoms with Crippen molar-refractivity contribution < 1.29 is 38.6 Å². The number of rotatable bonds is 20. The normalized spacial score (nSPS) is 12.3. The van der Waals surface area contributed by atoms with Gasteiger partial charge in [0.15, 0.2) is 12.9 Å². The first kappa shape index (κ1) is 39.5. The molecule has 0 aliphatic heterocycles. The first-order chi connectivity index (χ1) is 25.2. The molecular formula is C38H48N6O8. The van der Waals surface area contributed by atoms with E-state index in [4.69, 9.17) is 19.4 Å². The first-order valence-electron chi connectivity index (χ1n) is 17.5. The highest BCUT2D eigenvalue weighted by Gasteiger charge is 2.34. The van der Waals surface area contributed by atoms with Gasteiger partial charge in [-0.2, -0.15) is 0 Å². The Bertz CT molecular complexity index is 1770. The van der Waals surface area contributed by atoms with E-state index in [1.54, 1.807) is 11.1 Å². The maximum atomic E-state index is 14.5. The molecule has 14 nitrogen and oxygen atoms in total. The number of ether oxygens (including phenoxy) is 2. The van der Waals surface area contributed by atoms with E-state index in [1.165, 1.54) is 0 Å². The van der Waals surface area contributed by atoms with Gasteiger partial charge in [0.2, 0.25) is 11.8 Å². The maximum Gasteiger partial charge on any atom is 0.404 e. The fourth-order valence-corrected chi connectivity index (χ4v) is 5.89. The number of hydrogen-bond donors (Lipinski definition) is 5. The number of para-hydroxylation sites is 1. The van der Waals surface area contributed by atoms with Crippen molar-refractivity contribution in [1.82, 2.24) is 31.3 Å². The van der Waals surface area contributed by atoms with Crippen molar-refractivity contribution in [2.24, 2.45) is 0 Å². The lowest BCUT2D eigenvalue weighted by molar-refractivity contribution is -0.180. The minimum Gasteiger partial charge on any atom is -0.465 e. The summed E-state index contributed by atoms with van der Waals surface area (Å²) >= 11 is 0. The molecule has 4 rings (SSSR count). The molecule has 0 fully saturated rings. The summed E-state index contributed by atoms with van der Waals surface area (Å²) in [6.07, 6.45) is 0.855. The van der Waals surface area contributed by atoms with E-state index in [0.29, 0.717) is 26.1 Å². The smallest absolute Gasteiger partial charge is 0.404 e. The van der Waals surface area contributed by atoms with Crippen molar-refractivity contribution >= 4 is 45.6 Å². The zero-order chi connectivity index (χ0) is 37.3. The number of carbonyl (C=O) groups excluding carboxylic acids is 3. The summed E-state index contributed by atoms with van der Waals surface area (Å²) in [5.74, 6) is -1.04. The molecular weight excluding hydrogens is 668 g/mol. The highest BCUT2D eigenvalue weighted by Crippen LogP contribution is 2.23. The molecule has 0 saturated carbocycles. The van der Waals surface area contributed by atoms with E-state index in [9.17, 15) is 19.2 Å². The van der Waals surface area contributed by atoms with Crippen LogP contribution in [0.25, 0.3) is 21.7 Å². The fraction of sp³-hybridized carbons (Fsp3) is 0.395. The predicted molar refractivity (Wildman–Crippen MR) is 196 cm³/mol. The number of unbranched alkanes of at least 4 members (excludes halogenated alkanes) is 1. The molecule has 1 aromatic heterocycles. The average molecular weight is 717 g/mol. The molecule has 0 unspecified atom stereocenters. The Hall–Kier alpha value is -5.31. The SMILES string of the molecule is CCOC(OCC)[C@H](C)N(Cc1cccc2cccnc12)C(=O)[C@H](CCCCNC(=O)O)NC(=O)CONC(=O)NCc1cccc2ccccc12. The van der Waals surface area contributed by atoms with Crippen molar-refractivity contribution in [1.29, 1.82) is 0 Å². The van der Waals surface area contributed by atoms with E-state index < -0.39 is 48.9 Å². The van der Waals surface area contributed by atoms with E-state index in [1.807, 2.05) is 93.6 Å². The average Bonchev–Trinajstić information content (AvgIpc) is 3.14. The topological polar surface area (TPSA) is 180 Å². The summed E-state index contributed by atoms with van der Waals surface area (Å²) in [4.78, 5) is 62.5. The van der Waals surface area contributed by atoms with Gasteiger partial charge in [0.25, 0.3) is 0 Å². The highest BCUT2D eigenvalue weighted by atomic mass is 16.7. The minimum atomic E-state index is -1.15. The maximum absolute atomic E-state index is 14.5. The quantitative estimate of drug-likeness (QED) is 0.0485. The second-order valence-corrected chi connectivity index (χ2v) is 12.0. The molecule has 3 aromatic carbocycles. The molecule has 0 radical (unpaired) electrons. The molecule has 0 spiro atoms. The molecule has 0 aliphatic carbocycles. The van der Waals surface area contributed by atoms with Gasteiger partial charge in [-0.1, -0.05) is 66.7 Å². The van der Waals surface area contributed by atoms with Crippen molar-refractivity contribution in [3.05, 3.63) is 90.1 Å². The number of hydroxylamine groups is 1. The van der Waals surface area contributed by atoms with Crippen LogP contribution in [0, 0.1) is 0 Å². The van der Waals surface area contributed by atoms with Gasteiger partial charge in [-0.15, -0.1) is 0 Å². The summed E-state index contributed by atoms with van der Waals surface area (Å²) < 4.78 is 11.8. The van der Waals surface area contributed by atoms with Gasteiger partial charge in [0.05, 0.1) is 11.6 Å². The van der Waals surface area contributed by atoms with Crippen molar-refractivity contribution in [2.45, 2.75) is 71.5 Å². The predicted octanol–water partition coefficient (Wildman–Crippen LogP) is 4.86. The first-order valence-corrected chi connectivity index (χ1v) is 17.5. The molecule has 278 valence electrons. The Morgan fingerprint density at radius 2 is 1.54 bits per heavy atom. The number of nitrogens with zero attached hydrogens (tertiary/aromatic N) is 2. The Balaban J connectivity index is 1.46. The van der Waals surface area contributed by atoms with Crippen LogP contribution in [-0.2, 0) is 37.0 Å². The third-order valence-electron chi connectivity index (χ3n) is 8.40. The van der Waals surface area contributed by atoms with Crippen LogP contribution >= 0.6 is 0 Å². The van der Waals surface area contributed by atoms with Gasteiger partial charge in [-0.3, -0.25) is 19.4 Å². The van der Waals surface area contributed by atoms with Crippen LogP contribution in [0.3, 0.4) is 0 Å². The van der Waals surface area contributed by atoms with Gasteiger partial charge < -0.3 is 35.4 Å². The van der Waals surface area contributed by atoms with Gasteiger partial charge in [-0.05, 0) is 68.0 Å². The van der Waals surface area contributed by atoms with Gasteiger partial charge in [0.1, 0.15) is 6.04 Å². The van der Waals surface area contributed by atoms with E-state index >= 15 is 0 Å². The number of carbonyl (C=O) groups is 4. The number of urea groups is 1. The number of nitrogens with one attached hydrogen (secondary N) is 4. The monoisotopic (exact) mass is 716 g/mol. The Kier molecular flexibility index (Phi) is 15.6. The van der Waals surface area contributed by atoms with Crippen molar-refractivity contribution in [3.8, 4) is 0 Å². The minimum absolute atomic E-state index is 0.146. The van der Waals surface area contributed by atoms with Crippen LogP contribution in [0.5, 0.6) is 0 Å². The van der Waals surface area contributed by atoms with Crippen LogP contribution < -0.4 is 21.4 Å². The lowest BCUT2D eigenvalue weighted by atomic mass is 10.0. The second-order valence-electron chi connectivity index (χ2n) is 12.0. The third-order valence-corrected chi connectivity index (χ3v) is 8.40. The standard InChI is InChI=1S/C38H48N6O8/c1-4-50-36(51-5-2)26(3)44(24-30-17-11-15-28-18-12-22-39-34(28)30)35(46)32(20-8-9-21-40-38(48)49)42-33(45)25-52-43-37(47)41-23-29-16-10-14-27-13-6-7-19-31(27)29/h6-7,10-19,22,26,32,36,40H,4-5,8-9,20-21,23-25H2,1-3H3,(H,42,45)(H,48,49)(H2,41,43,47)/t26-,32-/m0/s1. The highest BCUT2D eigenvalue weighted by molar-refractivity contribution is 5.89. The number of carboxylic acid groups (broad SMARTS) is 1. The Morgan fingerprint density at radius 3 is 2.29 bits per heavy atom. The van der Waals surface area contributed by atoms with Crippen LogP contribution in [-0.4, -0.2) is 83.7 Å². The summed E-state index contributed by atoms with van der Waals surface area (Å²) in [7, 11) is 0. The summed E-state index contributed by atoms with van der Waals surface area (Å²) in [5, 5.41) is 19.7. The Labute approximate surface area is 303 Å². The number of benzene rings is 3. The fourth-order valence-electron chi connectivity index (χ4n) is 5.89. The van der Waals surface area contributed by atoms with Gasteiger partial charge >= 0.3 is 12.1 Å². The zero-order valence-electron chi connectivity index (χ0n) is 29.8. The number of pyridine rings is 1. The Morgan fingerprint density at radius 1 is 0.846 bits per heavy atom. The molecule has 5 amide bonds. The summed E-state index contributed by atoms with van der Waals surface area (Å²) in [5.41, 5.74) is 4.67. The molecule has 52 heavy (non-hydrogen) atoms. The number of amides is 5. The van der Waals surface area contributed by atoms with Gasteiger partial charge in [-0.25, -0.2) is 15.1 Å². The molecule has 1 heterocycles. The number of hydrogen-bond acceptors (Lipinski definition) is 8. The number of aromatic nitrogens is 1. The molecule has 2 atom stereocenters. The molecule has 0 saturated heterocycles. The van der Waals surface area contributed by atoms with Gasteiger partial charge in [0, 0.05) is 44.4 Å². The van der Waals surface area contributed by atoms with Crippen LogP contribution in [0.2, 0.25) is 0 Å². The zero-order valence-corrected chi connectivity index (χ0v) is 29.8. The molecule has 4 aromatic rings.